The quantitative estimate of drug-likeness (QED) is 0.521. The molecule has 3 heteroatoms. The van der Waals surface area contributed by atoms with Crippen LogP contribution in [0.25, 0.3) is 0 Å². The van der Waals surface area contributed by atoms with E-state index in [9.17, 15) is 9.59 Å². The van der Waals surface area contributed by atoms with E-state index in [1.165, 1.54) is 0 Å². The molecule has 0 N–H and O–H groups in total. The van der Waals surface area contributed by atoms with Gasteiger partial charge in [-0.3, -0.25) is 9.59 Å². The van der Waals surface area contributed by atoms with Crippen molar-refractivity contribution in [2.45, 2.75) is 32.8 Å². The van der Waals surface area contributed by atoms with Crippen LogP contribution in [0.3, 0.4) is 0 Å². The Labute approximate surface area is 89.5 Å². The lowest BCUT2D eigenvalue weighted by molar-refractivity contribution is -0.149. The van der Waals surface area contributed by atoms with E-state index in [1.54, 1.807) is 0 Å². The predicted octanol–water partition coefficient (Wildman–Crippen LogP) is 1.52. The van der Waals surface area contributed by atoms with Gasteiger partial charge in [0.05, 0.1) is 12.0 Å². The largest absolute Gasteiger partial charge is 0.377 e. The van der Waals surface area contributed by atoms with Gasteiger partial charge in [0, 0.05) is 12.5 Å². The summed E-state index contributed by atoms with van der Waals surface area (Å²) in [5, 5.41) is 0. The molecule has 0 aromatic carbocycles. The molecule has 0 radical (unpaired) electrons. The molecule has 3 rings (SSSR count). The van der Waals surface area contributed by atoms with E-state index in [1.807, 2.05) is 19.9 Å². The van der Waals surface area contributed by atoms with Gasteiger partial charge < -0.3 is 4.74 Å². The second-order valence-electron chi connectivity index (χ2n) is 4.37. The lowest BCUT2D eigenvalue weighted by atomic mass is 9.68. The van der Waals surface area contributed by atoms with Crippen molar-refractivity contribution in [3.05, 3.63) is 11.6 Å². The average Bonchev–Trinajstić information content (AvgIpc) is 2.21. The Morgan fingerprint density at radius 2 is 2.13 bits per heavy atom. The van der Waals surface area contributed by atoms with Crippen molar-refractivity contribution in [1.29, 1.82) is 0 Å². The fourth-order valence-electron chi connectivity index (χ4n) is 2.50. The SMILES string of the molecule is CCCO[C@H]1C[C@H]2C=C(C)[C@@H]1C(=O)C2=O. The van der Waals surface area contributed by atoms with Crippen molar-refractivity contribution in [1.82, 2.24) is 0 Å². The van der Waals surface area contributed by atoms with Crippen LogP contribution in [0.15, 0.2) is 11.6 Å². The first-order valence-electron chi connectivity index (χ1n) is 5.53. The number of hydrogen-bond donors (Lipinski definition) is 0. The number of ether oxygens (including phenoxy) is 1. The molecule has 0 spiro atoms. The van der Waals surface area contributed by atoms with E-state index in [0.29, 0.717) is 13.0 Å². The van der Waals surface area contributed by atoms with Crippen molar-refractivity contribution in [3.8, 4) is 0 Å². The monoisotopic (exact) mass is 208 g/mol. The molecule has 3 atom stereocenters. The predicted molar refractivity (Wildman–Crippen MR) is 55.4 cm³/mol. The minimum Gasteiger partial charge on any atom is -0.377 e. The van der Waals surface area contributed by atoms with Gasteiger partial charge in [0.25, 0.3) is 0 Å². The molecule has 0 heterocycles. The zero-order valence-corrected chi connectivity index (χ0v) is 9.16. The van der Waals surface area contributed by atoms with Gasteiger partial charge in [0.2, 0.25) is 11.6 Å². The highest BCUT2D eigenvalue weighted by Gasteiger charge is 2.47. The highest BCUT2D eigenvalue weighted by Crippen LogP contribution is 2.38. The van der Waals surface area contributed by atoms with Gasteiger partial charge in [-0.05, 0) is 19.8 Å². The third-order valence-corrected chi connectivity index (χ3v) is 3.21. The lowest BCUT2D eigenvalue weighted by Gasteiger charge is -2.38. The van der Waals surface area contributed by atoms with Crippen molar-refractivity contribution < 1.29 is 14.3 Å². The molecule has 82 valence electrons. The number of ketones is 2. The van der Waals surface area contributed by atoms with Crippen LogP contribution in [0.2, 0.25) is 0 Å². The molecular weight excluding hydrogens is 192 g/mol. The van der Waals surface area contributed by atoms with Crippen LogP contribution in [-0.2, 0) is 14.3 Å². The van der Waals surface area contributed by atoms with Gasteiger partial charge in [-0.25, -0.2) is 0 Å². The molecule has 0 amide bonds. The lowest BCUT2D eigenvalue weighted by Crippen LogP contribution is -2.48. The summed E-state index contributed by atoms with van der Waals surface area (Å²) in [4.78, 5) is 23.2. The Morgan fingerprint density at radius 3 is 2.73 bits per heavy atom. The van der Waals surface area contributed by atoms with E-state index in [0.717, 1.165) is 12.0 Å². The number of rotatable bonds is 3. The second kappa shape index (κ2) is 3.89. The first-order chi connectivity index (χ1) is 7.15. The number of allylic oxidation sites excluding steroid dienone is 1. The number of carbonyl (C=O) groups excluding carboxylic acids is 2. The Kier molecular flexibility index (Phi) is 2.74. The smallest absolute Gasteiger partial charge is 0.208 e. The summed E-state index contributed by atoms with van der Waals surface area (Å²) in [5.74, 6) is -0.979. The molecule has 0 aromatic heterocycles. The summed E-state index contributed by atoms with van der Waals surface area (Å²) in [6, 6.07) is 0. The van der Waals surface area contributed by atoms with Crippen LogP contribution in [-0.4, -0.2) is 24.3 Å². The third-order valence-electron chi connectivity index (χ3n) is 3.21. The van der Waals surface area contributed by atoms with E-state index < -0.39 is 0 Å². The zero-order valence-electron chi connectivity index (χ0n) is 9.16. The third kappa shape index (κ3) is 1.65. The molecule has 0 unspecified atom stereocenters. The summed E-state index contributed by atoms with van der Waals surface area (Å²) < 4.78 is 5.64. The number of carbonyl (C=O) groups is 2. The first kappa shape index (κ1) is 10.6. The van der Waals surface area contributed by atoms with E-state index in [4.69, 9.17) is 4.74 Å². The summed E-state index contributed by atoms with van der Waals surface area (Å²) in [7, 11) is 0. The van der Waals surface area contributed by atoms with Crippen LogP contribution >= 0.6 is 0 Å². The van der Waals surface area contributed by atoms with Crippen molar-refractivity contribution in [2.24, 2.45) is 11.8 Å². The van der Waals surface area contributed by atoms with Gasteiger partial charge in [0.1, 0.15) is 0 Å². The highest BCUT2D eigenvalue weighted by molar-refractivity contribution is 6.41. The van der Waals surface area contributed by atoms with Crippen LogP contribution in [0.1, 0.15) is 26.7 Å². The average molecular weight is 208 g/mol. The molecule has 1 fully saturated rings. The van der Waals surface area contributed by atoms with Crippen LogP contribution in [0.4, 0.5) is 0 Å². The van der Waals surface area contributed by atoms with E-state index >= 15 is 0 Å². The van der Waals surface area contributed by atoms with Gasteiger partial charge in [-0.1, -0.05) is 18.6 Å². The molecule has 3 aliphatic rings. The molecule has 3 aliphatic carbocycles. The molecule has 0 aromatic rings. The summed E-state index contributed by atoms with van der Waals surface area (Å²) in [6.07, 6.45) is 3.50. The molecule has 0 aliphatic heterocycles. The highest BCUT2D eigenvalue weighted by atomic mass is 16.5. The van der Waals surface area contributed by atoms with Gasteiger partial charge in [-0.2, -0.15) is 0 Å². The standard InChI is InChI=1S/C12H16O3/c1-3-4-15-9-6-8-5-7(2)10(9)12(14)11(8)13/h5,8-10H,3-4,6H2,1-2H3/t8-,9+,10+/m1/s1. The van der Waals surface area contributed by atoms with Crippen LogP contribution in [0.5, 0.6) is 0 Å². The summed E-state index contributed by atoms with van der Waals surface area (Å²) in [5.41, 5.74) is 1.01. The normalized spacial score (nSPS) is 34.5. The fourth-order valence-corrected chi connectivity index (χ4v) is 2.50. The number of fused-ring (bicyclic) bond motifs is 2. The van der Waals surface area contributed by atoms with Crippen LogP contribution in [0, 0.1) is 11.8 Å². The Balaban J connectivity index is 2.18. The number of hydrogen-bond acceptors (Lipinski definition) is 3. The van der Waals surface area contributed by atoms with E-state index in [2.05, 4.69) is 0 Å². The minimum atomic E-state index is -0.297. The summed E-state index contributed by atoms with van der Waals surface area (Å²) in [6.45, 7) is 4.63. The number of Topliss-reactive ketones (excluding diaryl/α,β-unsaturated/α-hetero) is 2. The maximum atomic E-state index is 11.7. The zero-order chi connectivity index (χ0) is 11.0. The van der Waals surface area contributed by atoms with Crippen molar-refractivity contribution >= 4 is 11.6 Å². The van der Waals surface area contributed by atoms with Crippen molar-refractivity contribution in [2.75, 3.05) is 6.61 Å². The molecule has 3 nitrogen and oxygen atoms in total. The van der Waals surface area contributed by atoms with Crippen LogP contribution < -0.4 is 0 Å². The fraction of sp³-hybridized carbons (Fsp3) is 0.667. The maximum Gasteiger partial charge on any atom is 0.208 e. The Morgan fingerprint density at radius 1 is 1.40 bits per heavy atom. The minimum absolute atomic E-state index is 0.0647. The van der Waals surface area contributed by atoms with Gasteiger partial charge in [-0.15, -0.1) is 0 Å². The first-order valence-corrected chi connectivity index (χ1v) is 5.53. The Bertz CT molecular complexity index is 330. The molecule has 1 saturated carbocycles. The van der Waals surface area contributed by atoms with Gasteiger partial charge >= 0.3 is 0 Å². The molecule has 0 saturated heterocycles. The molecule has 15 heavy (non-hydrogen) atoms. The molecular formula is C12H16O3. The van der Waals surface area contributed by atoms with Crippen molar-refractivity contribution in [3.63, 3.8) is 0 Å². The van der Waals surface area contributed by atoms with E-state index in [-0.39, 0.29) is 29.5 Å². The topological polar surface area (TPSA) is 43.4 Å². The van der Waals surface area contributed by atoms with Gasteiger partial charge in [0.15, 0.2) is 0 Å². The second-order valence-corrected chi connectivity index (χ2v) is 4.37. The maximum absolute atomic E-state index is 11.7. The molecule has 2 bridgehead atoms. The Hall–Kier alpha value is -0.960. The summed E-state index contributed by atoms with van der Waals surface area (Å²) >= 11 is 0.